The lowest BCUT2D eigenvalue weighted by molar-refractivity contribution is 0.337. The van der Waals surface area contributed by atoms with Crippen LogP contribution in [-0.4, -0.2) is 0 Å². The highest BCUT2D eigenvalue weighted by atomic mass is 19.2. The van der Waals surface area contributed by atoms with E-state index in [4.69, 9.17) is 0 Å². The molecule has 0 nitrogen and oxygen atoms in total. The highest BCUT2D eigenvalue weighted by Crippen LogP contribution is 2.55. The molecule has 0 N–H and O–H groups in total. The van der Waals surface area contributed by atoms with Gasteiger partial charge in [0.05, 0.1) is 22.1 Å². The molecule has 0 aliphatic rings. The SMILES string of the molecule is C=Cc1c(F)c(F)c(C(c2c(F)c(F)c(F)c(F)c2F)(c2c(F)c(F)c(C=C)c(F)c2F)c2c(F)c(F)c(C=C)c(F)c2F)c(F)c1F. The Hall–Kier alpha value is -5.09. The highest BCUT2D eigenvalue weighted by molar-refractivity contribution is 5.67. The lowest BCUT2D eigenvalue weighted by Gasteiger charge is -2.38. The molecule has 48 heavy (non-hydrogen) atoms. The third kappa shape index (κ3) is 4.46. The fraction of sp³-hybridized carbons (Fsp3) is 0.0323. The molecule has 0 saturated carbocycles. The molecule has 0 amide bonds. The van der Waals surface area contributed by atoms with E-state index in [9.17, 15) is 13.2 Å². The van der Waals surface area contributed by atoms with Crippen molar-refractivity contribution in [2.75, 3.05) is 0 Å². The monoisotopic (exact) mass is 704 g/mol. The molecule has 0 bridgehead atoms. The molecular weight excluding hydrogens is 695 g/mol. The van der Waals surface area contributed by atoms with Gasteiger partial charge in [-0.05, 0) is 0 Å². The molecule has 4 aromatic carbocycles. The Bertz CT molecular complexity index is 1810. The van der Waals surface area contributed by atoms with Gasteiger partial charge in [0.15, 0.2) is 93.1 Å². The zero-order chi connectivity index (χ0) is 36.5. The Balaban J connectivity index is 2.72. The van der Waals surface area contributed by atoms with Crippen molar-refractivity contribution in [3.8, 4) is 0 Å². The average molecular weight is 704 g/mol. The molecule has 0 saturated heterocycles. The van der Waals surface area contributed by atoms with Gasteiger partial charge in [-0.1, -0.05) is 38.0 Å². The summed E-state index contributed by atoms with van der Waals surface area (Å²) in [5.74, 6) is -53.7. The summed E-state index contributed by atoms with van der Waals surface area (Å²) in [7, 11) is 0. The van der Waals surface area contributed by atoms with Gasteiger partial charge < -0.3 is 0 Å². The smallest absolute Gasteiger partial charge is 0.200 e. The van der Waals surface area contributed by atoms with Gasteiger partial charge in [0.1, 0.15) is 0 Å². The van der Waals surface area contributed by atoms with Crippen LogP contribution in [0.5, 0.6) is 0 Å². The Morgan fingerprint density at radius 3 is 0.562 bits per heavy atom. The summed E-state index contributed by atoms with van der Waals surface area (Å²) < 4.78 is 262. The normalized spacial score (nSPS) is 11.7. The fourth-order valence-corrected chi connectivity index (χ4v) is 5.16. The first-order valence-corrected chi connectivity index (χ1v) is 12.3. The van der Waals surface area contributed by atoms with Gasteiger partial charge in [0, 0.05) is 22.3 Å². The first-order valence-electron chi connectivity index (χ1n) is 12.3. The summed E-state index contributed by atoms with van der Waals surface area (Å²) in [4.78, 5) is 0. The van der Waals surface area contributed by atoms with Crippen molar-refractivity contribution in [2.24, 2.45) is 0 Å². The lowest BCUT2D eigenvalue weighted by atomic mass is 9.62. The number of rotatable bonds is 7. The quantitative estimate of drug-likeness (QED) is 0.0778. The van der Waals surface area contributed by atoms with E-state index < -0.39 is 143 Å². The van der Waals surface area contributed by atoms with Crippen LogP contribution in [0.4, 0.5) is 74.6 Å². The molecule has 4 aromatic rings. The largest absolute Gasteiger partial charge is 0.203 e. The summed E-state index contributed by atoms with van der Waals surface area (Å²) >= 11 is 0. The zero-order valence-electron chi connectivity index (χ0n) is 22.8. The van der Waals surface area contributed by atoms with Crippen LogP contribution in [0.2, 0.25) is 0 Å². The maximum Gasteiger partial charge on any atom is 0.200 e. The second-order valence-electron chi connectivity index (χ2n) is 9.44. The van der Waals surface area contributed by atoms with E-state index in [-0.39, 0.29) is 18.2 Å². The molecule has 252 valence electrons. The van der Waals surface area contributed by atoms with E-state index >= 15 is 61.5 Å². The molecule has 0 aromatic heterocycles. The van der Waals surface area contributed by atoms with Gasteiger partial charge in [-0.3, -0.25) is 0 Å². The maximum absolute atomic E-state index is 16.0. The number of halogens is 17. The minimum Gasteiger partial charge on any atom is -0.203 e. The molecule has 0 spiro atoms. The minimum atomic E-state index is -5.70. The van der Waals surface area contributed by atoms with Gasteiger partial charge in [0.2, 0.25) is 5.82 Å². The van der Waals surface area contributed by atoms with Crippen molar-refractivity contribution in [2.45, 2.75) is 5.41 Å². The topological polar surface area (TPSA) is 0 Å². The van der Waals surface area contributed by atoms with Crippen LogP contribution in [0, 0.1) is 98.9 Å². The van der Waals surface area contributed by atoms with E-state index in [0.29, 0.717) is 0 Å². The van der Waals surface area contributed by atoms with E-state index in [1.165, 1.54) is 0 Å². The van der Waals surface area contributed by atoms with Crippen molar-refractivity contribution in [3.63, 3.8) is 0 Å². The number of hydrogen-bond acceptors (Lipinski definition) is 0. The van der Waals surface area contributed by atoms with Crippen LogP contribution in [0.3, 0.4) is 0 Å². The Morgan fingerprint density at radius 2 is 0.396 bits per heavy atom. The predicted molar refractivity (Wildman–Crippen MR) is 134 cm³/mol. The second kappa shape index (κ2) is 12.2. The van der Waals surface area contributed by atoms with Gasteiger partial charge in [-0.2, -0.15) is 0 Å². The van der Waals surface area contributed by atoms with Crippen molar-refractivity contribution in [1.29, 1.82) is 0 Å². The van der Waals surface area contributed by atoms with Crippen LogP contribution in [0.1, 0.15) is 38.9 Å². The van der Waals surface area contributed by atoms with Crippen LogP contribution >= 0.6 is 0 Å². The van der Waals surface area contributed by atoms with E-state index in [0.717, 1.165) is 0 Å². The molecule has 0 aliphatic carbocycles. The average Bonchev–Trinajstić information content (AvgIpc) is 3.04. The Kier molecular flexibility index (Phi) is 9.07. The van der Waals surface area contributed by atoms with Crippen LogP contribution in [-0.2, 0) is 5.41 Å². The van der Waals surface area contributed by atoms with Crippen molar-refractivity contribution in [3.05, 3.63) is 158 Å². The predicted octanol–water partition coefficient (Wildman–Crippen LogP) is 10.4. The first-order chi connectivity index (χ1) is 22.3. The molecule has 17 heteroatoms. The molecule has 0 fully saturated rings. The number of hydrogen-bond donors (Lipinski definition) is 0. The van der Waals surface area contributed by atoms with E-state index in [1.54, 1.807) is 0 Å². The molecule has 0 aliphatic heterocycles. The van der Waals surface area contributed by atoms with Crippen LogP contribution < -0.4 is 0 Å². The third-order valence-electron chi connectivity index (χ3n) is 7.21. The number of benzene rings is 4. The van der Waals surface area contributed by atoms with E-state index in [2.05, 4.69) is 19.7 Å². The van der Waals surface area contributed by atoms with Gasteiger partial charge >= 0.3 is 0 Å². The van der Waals surface area contributed by atoms with Gasteiger partial charge in [-0.25, -0.2) is 74.6 Å². The standard InChI is InChI=1S/C31H9F17/c1-4-7-14(32)20(38)10(21(39)15(7)33)31(13-26(44)28(46)30(48)29(47)27(13)45,11-22(40)16(34)8(5-2)17(35)23(11)41)12-24(42)18(36)9(6-3)19(37)25(12)43/h4-6H,1-3H2. The Morgan fingerprint density at radius 1 is 0.250 bits per heavy atom. The van der Waals surface area contributed by atoms with Crippen molar-refractivity contribution < 1.29 is 74.6 Å². The van der Waals surface area contributed by atoms with Gasteiger partial charge in [-0.15, -0.1) is 0 Å². The van der Waals surface area contributed by atoms with Crippen LogP contribution in [0.15, 0.2) is 19.7 Å². The Labute approximate surface area is 256 Å². The minimum absolute atomic E-state index is 0.0283. The van der Waals surface area contributed by atoms with Crippen LogP contribution in [0.25, 0.3) is 18.2 Å². The second-order valence-corrected chi connectivity index (χ2v) is 9.44. The first kappa shape index (κ1) is 35.8. The molecule has 0 radical (unpaired) electrons. The molecule has 0 heterocycles. The van der Waals surface area contributed by atoms with Crippen molar-refractivity contribution in [1.82, 2.24) is 0 Å². The summed E-state index contributed by atoms with van der Waals surface area (Å²) in [5.41, 5.74) is -24.5. The summed E-state index contributed by atoms with van der Waals surface area (Å²) in [6.45, 7) is 8.32. The summed E-state index contributed by atoms with van der Waals surface area (Å²) in [6, 6.07) is 0. The summed E-state index contributed by atoms with van der Waals surface area (Å²) in [6.07, 6.45) is -0.0850. The molecular formula is C31H9F17. The summed E-state index contributed by atoms with van der Waals surface area (Å²) in [5, 5.41) is 0. The third-order valence-corrected chi connectivity index (χ3v) is 7.21. The highest BCUT2D eigenvalue weighted by Gasteiger charge is 2.57. The fourth-order valence-electron chi connectivity index (χ4n) is 5.16. The maximum atomic E-state index is 16.0. The van der Waals surface area contributed by atoms with Gasteiger partial charge in [0.25, 0.3) is 0 Å². The zero-order valence-corrected chi connectivity index (χ0v) is 22.8. The molecule has 4 rings (SSSR count). The lowest BCUT2D eigenvalue weighted by Crippen LogP contribution is -2.42. The van der Waals surface area contributed by atoms with Crippen molar-refractivity contribution >= 4 is 18.2 Å². The van der Waals surface area contributed by atoms with E-state index in [1.807, 2.05) is 0 Å². The molecule has 0 unspecified atom stereocenters. The molecule has 0 atom stereocenters.